The monoisotopic (exact) mass is 521 g/mol. The van der Waals surface area contributed by atoms with Crippen LogP contribution in [0.5, 0.6) is 5.75 Å². The molecule has 186 valence electrons. The number of carbonyl (C=O) groups is 1. The van der Waals surface area contributed by atoms with E-state index in [9.17, 15) is 26.0 Å². The van der Waals surface area contributed by atoms with Crippen LogP contribution >= 0.6 is 0 Å². The lowest BCUT2D eigenvalue weighted by Gasteiger charge is -2.14. The van der Waals surface area contributed by atoms with E-state index in [4.69, 9.17) is 4.74 Å². The van der Waals surface area contributed by atoms with E-state index in [0.29, 0.717) is 11.4 Å². The van der Waals surface area contributed by atoms with Gasteiger partial charge in [0.15, 0.2) is 6.61 Å². The molecule has 3 aromatic carbocycles. The maximum atomic E-state index is 13.0. The number of anilines is 2. The van der Waals surface area contributed by atoms with Crippen molar-refractivity contribution < 1.29 is 30.8 Å². The van der Waals surface area contributed by atoms with Gasteiger partial charge in [0.05, 0.1) is 11.2 Å². The summed E-state index contributed by atoms with van der Waals surface area (Å²) in [5.74, 6) is -0.503. The lowest BCUT2D eigenvalue weighted by molar-refractivity contribution is -0.118. The van der Waals surface area contributed by atoms with Crippen LogP contribution in [0.3, 0.4) is 0 Å². The highest BCUT2D eigenvalue weighted by atomic mass is 32.2. The number of nitrogens with one attached hydrogen (secondary N) is 2. The Morgan fingerprint density at radius 2 is 1.46 bits per heavy atom. The molecule has 1 amide bonds. The van der Waals surface area contributed by atoms with E-state index in [1.165, 1.54) is 47.8 Å². The largest absolute Gasteiger partial charge is 0.484 e. The number of hydrogen-bond acceptors (Lipinski definition) is 6. The first-order valence-electron chi connectivity index (χ1n) is 10.2. The minimum Gasteiger partial charge on any atom is -0.484 e. The molecule has 0 bridgehead atoms. The first-order chi connectivity index (χ1) is 16.4. The van der Waals surface area contributed by atoms with Crippen molar-refractivity contribution in [3.05, 3.63) is 84.2 Å². The van der Waals surface area contributed by atoms with Gasteiger partial charge in [0.2, 0.25) is 10.0 Å². The van der Waals surface area contributed by atoms with Crippen molar-refractivity contribution in [2.45, 2.75) is 11.4 Å². The molecule has 2 N–H and O–H groups in total. The molecule has 0 radical (unpaired) electrons. The smallest absolute Gasteiger partial charge is 0.262 e. The quantitative estimate of drug-likeness (QED) is 0.423. The fourth-order valence-corrected chi connectivity index (χ4v) is 4.30. The molecule has 3 rings (SSSR count). The Labute approximate surface area is 203 Å². The highest BCUT2D eigenvalue weighted by Crippen LogP contribution is 2.19. The molecule has 0 saturated heterocycles. The number of sulfonamides is 2. The Hall–Kier alpha value is -3.48. The molecule has 9 nitrogen and oxygen atoms in total. The van der Waals surface area contributed by atoms with Gasteiger partial charge in [-0.15, -0.1) is 0 Å². The lowest BCUT2D eigenvalue weighted by atomic mass is 10.2. The van der Waals surface area contributed by atoms with Crippen LogP contribution in [0.4, 0.5) is 15.8 Å². The van der Waals surface area contributed by atoms with E-state index in [-0.39, 0.29) is 23.7 Å². The van der Waals surface area contributed by atoms with Crippen LogP contribution in [0.1, 0.15) is 5.56 Å². The third-order valence-electron chi connectivity index (χ3n) is 4.81. The molecule has 0 heterocycles. The topological polar surface area (TPSA) is 122 Å². The van der Waals surface area contributed by atoms with E-state index in [1.54, 1.807) is 24.3 Å². The lowest BCUT2D eigenvalue weighted by Crippen LogP contribution is -2.24. The molecule has 0 aliphatic carbocycles. The van der Waals surface area contributed by atoms with Crippen molar-refractivity contribution in [2.75, 3.05) is 29.9 Å². The fraction of sp³-hybridized carbons (Fsp3) is 0.174. The maximum absolute atomic E-state index is 13.0. The van der Waals surface area contributed by atoms with E-state index >= 15 is 0 Å². The third kappa shape index (κ3) is 7.77. The zero-order valence-electron chi connectivity index (χ0n) is 18.9. The van der Waals surface area contributed by atoms with E-state index in [1.807, 2.05) is 0 Å². The molecule has 3 aromatic rings. The summed E-state index contributed by atoms with van der Waals surface area (Å²) < 4.78 is 69.9. The molecule has 0 unspecified atom stereocenters. The number of hydrogen-bond donors (Lipinski definition) is 2. The minimum atomic E-state index is -3.88. The van der Waals surface area contributed by atoms with E-state index in [0.717, 1.165) is 24.0 Å². The molecule has 0 saturated carbocycles. The summed E-state index contributed by atoms with van der Waals surface area (Å²) in [6, 6.07) is 17.1. The Kier molecular flexibility index (Phi) is 8.10. The zero-order valence-corrected chi connectivity index (χ0v) is 20.6. The summed E-state index contributed by atoms with van der Waals surface area (Å²) in [5, 5.41) is 2.61. The van der Waals surface area contributed by atoms with Gasteiger partial charge in [-0.25, -0.2) is 25.5 Å². The first kappa shape index (κ1) is 26.1. The summed E-state index contributed by atoms with van der Waals surface area (Å²) in [6.07, 6.45) is 1.13. The van der Waals surface area contributed by atoms with E-state index in [2.05, 4.69) is 10.0 Å². The zero-order chi connectivity index (χ0) is 25.6. The third-order valence-corrected chi connectivity index (χ3v) is 7.47. The van der Waals surface area contributed by atoms with Crippen LogP contribution in [0.2, 0.25) is 0 Å². The van der Waals surface area contributed by atoms with Crippen molar-refractivity contribution in [3.8, 4) is 5.75 Å². The summed E-state index contributed by atoms with van der Waals surface area (Å²) in [4.78, 5) is 12.2. The molecule has 0 aliphatic heterocycles. The predicted molar refractivity (Wildman–Crippen MR) is 131 cm³/mol. The number of ether oxygens (including phenoxy) is 1. The Morgan fingerprint density at radius 3 is 2.03 bits per heavy atom. The van der Waals surface area contributed by atoms with Gasteiger partial charge in [-0.2, -0.15) is 0 Å². The van der Waals surface area contributed by atoms with Gasteiger partial charge in [0.25, 0.3) is 15.9 Å². The summed E-state index contributed by atoms with van der Waals surface area (Å²) in [7, 11) is -5.69. The molecule has 0 aliphatic rings. The Balaban J connectivity index is 1.52. The van der Waals surface area contributed by atoms with Crippen molar-refractivity contribution in [3.63, 3.8) is 0 Å². The summed E-state index contributed by atoms with van der Waals surface area (Å²) >= 11 is 0. The standard InChI is InChI=1S/C23H24FN3O6S2/c1-27(34(2,29)30)15-17-3-11-21(12-4-17)33-16-23(28)25-19-9-13-22(14-10-19)35(31,32)26-20-7-5-18(24)6-8-20/h3-14,26H,15-16H2,1-2H3,(H,25,28). The maximum Gasteiger partial charge on any atom is 0.262 e. The van der Waals surface area contributed by atoms with Crippen molar-refractivity contribution in [1.82, 2.24) is 4.31 Å². The molecule has 0 spiro atoms. The molecule has 12 heteroatoms. The molecule has 35 heavy (non-hydrogen) atoms. The van der Waals surface area contributed by atoms with Gasteiger partial charge in [0.1, 0.15) is 11.6 Å². The number of carbonyl (C=O) groups excluding carboxylic acids is 1. The van der Waals surface area contributed by atoms with Gasteiger partial charge in [-0.05, 0) is 66.2 Å². The first-order valence-corrected chi connectivity index (χ1v) is 13.6. The Bertz CT molecular complexity index is 1380. The SMILES string of the molecule is CN(Cc1ccc(OCC(=O)Nc2ccc(S(=O)(=O)Nc3ccc(F)cc3)cc2)cc1)S(C)(=O)=O. The second kappa shape index (κ2) is 10.8. The van der Waals surface area contributed by atoms with Gasteiger partial charge in [-0.3, -0.25) is 9.52 Å². The molecule has 0 aromatic heterocycles. The number of rotatable bonds is 10. The molecule has 0 atom stereocenters. The van der Waals surface area contributed by atoms with Crippen LogP contribution < -0.4 is 14.8 Å². The highest BCUT2D eigenvalue weighted by Gasteiger charge is 2.15. The average molecular weight is 522 g/mol. The van der Waals surface area contributed by atoms with Gasteiger partial charge < -0.3 is 10.1 Å². The molecular weight excluding hydrogens is 497 g/mol. The number of amides is 1. The van der Waals surface area contributed by atoms with E-state index < -0.39 is 31.8 Å². The predicted octanol–water partition coefficient (Wildman–Crippen LogP) is 3.04. The second-order valence-electron chi connectivity index (χ2n) is 7.64. The van der Waals surface area contributed by atoms with Crippen LogP contribution in [-0.4, -0.2) is 47.0 Å². The van der Waals surface area contributed by atoms with Crippen molar-refractivity contribution >= 4 is 37.3 Å². The van der Waals surface area contributed by atoms with Crippen molar-refractivity contribution in [1.29, 1.82) is 0 Å². The van der Waals surface area contributed by atoms with Gasteiger partial charge in [-0.1, -0.05) is 12.1 Å². The van der Waals surface area contributed by atoms with Gasteiger partial charge >= 0.3 is 0 Å². The highest BCUT2D eigenvalue weighted by molar-refractivity contribution is 7.92. The molecule has 0 fully saturated rings. The summed E-state index contributed by atoms with van der Waals surface area (Å²) in [5.41, 5.74) is 1.36. The Morgan fingerprint density at radius 1 is 0.886 bits per heavy atom. The van der Waals surface area contributed by atoms with Crippen LogP contribution in [0, 0.1) is 5.82 Å². The fourth-order valence-electron chi connectivity index (χ4n) is 2.86. The van der Waals surface area contributed by atoms with Crippen LogP contribution in [0.25, 0.3) is 0 Å². The van der Waals surface area contributed by atoms with Crippen molar-refractivity contribution in [2.24, 2.45) is 0 Å². The normalized spacial score (nSPS) is 11.8. The summed E-state index contributed by atoms with van der Waals surface area (Å²) in [6.45, 7) is -0.0699. The average Bonchev–Trinajstić information content (AvgIpc) is 2.80. The van der Waals surface area contributed by atoms with Crippen LogP contribution in [0.15, 0.2) is 77.7 Å². The number of benzene rings is 3. The minimum absolute atomic E-state index is 0.0299. The molecular formula is C23H24FN3O6S2. The second-order valence-corrected chi connectivity index (χ2v) is 11.4. The number of halogens is 1. The van der Waals surface area contributed by atoms with Crippen LogP contribution in [-0.2, 0) is 31.4 Å². The van der Waals surface area contributed by atoms with Gasteiger partial charge in [0, 0.05) is 25.0 Å². The number of nitrogens with zero attached hydrogens (tertiary/aromatic N) is 1.